The van der Waals surface area contributed by atoms with Gasteiger partial charge in [0.05, 0.1) is 16.2 Å². The van der Waals surface area contributed by atoms with Crippen LogP contribution in [0, 0.1) is 5.82 Å². The van der Waals surface area contributed by atoms with Crippen LogP contribution >= 0.6 is 34.5 Å². The first-order valence-corrected chi connectivity index (χ1v) is 13.0. The number of hydrogen-bond donors (Lipinski definition) is 1. The molecule has 6 nitrogen and oxygen atoms in total. The molecule has 1 N–H and O–H groups in total. The Balaban J connectivity index is 1.47. The number of sulfonamides is 1. The van der Waals surface area contributed by atoms with E-state index in [4.69, 9.17) is 23.2 Å². The molecular weight excluding hydrogens is 494 g/mol. The molecule has 0 saturated carbocycles. The highest BCUT2D eigenvalue weighted by Gasteiger charge is 2.29. The predicted molar refractivity (Wildman–Crippen MR) is 128 cm³/mol. The number of halogens is 3. The van der Waals surface area contributed by atoms with Crippen molar-refractivity contribution in [1.29, 1.82) is 0 Å². The topological polar surface area (TPSA) is 65.5 Å². The molecule has 0 aliphatic carbocycles. The number of hydrogen-bond acceptors (Lipinski definition) is 6. The number of benzene rings is 2. The van der Waals surface area contributed by atoms with Crippen molar-refractivity contribution >= 4 is 56.1 Å². The molecule has 170 valence electrons. The summed E-state index contributed by atoms with van der Waals surface area (Å²) in [5.74, 6) is -0.728. The average molecular weight is 515 g/mol. The standard InChI is InChI=1S/C21H21Cl2FN4O2S2/c1-27(16-6-7-28(11-16)10-14-2-4-15(22)5-3-14)19-9-18(24)20(8-17(19)23)32(29,30)26-21-12-31-13-25-21/h2-5,8-9,12-13,16,26H,6-7,10-11H2,1H3/t16-/m0/s1. The summed E-state index contributed by atoms with van der Waals surface area (Å²) < 4.78 is 42.3. The van der Waals surface area contributed by atoms with Gasteiger partial charge in [0, 0.05) is 49.2 Å². The molecule has 1 atom stereocenters. The molecule has 1 fully saturated rings. The number of likely N-dealkylation sites (tertiary alicyclic amines) is 1. The van der Waals surface area contributed by atoms with E-state index in [-0.39, 0.29) is 16.9 Å². The zero-order chi connectivity index (χ0) is 22.9. The van der Waals surface area contributed by atoms with E-state index in [9.17, 15) is 12.8 Å². The van der Waals surface area contributed by atoms with E-state index in [2.05, 4.69) is 14.6 Å². The Morgan fingerprint density at radius 3 is 2.72 bits per heavy atom. The molecule has 0 amide bonds. The van der Waals surface area contributed by atoms with Crippen molar-refractivity contribution in [2.24, 2.45) is 0 Å². The van der Waals surface area contributed by atoms with Gasteiger partial charge in [0.25, 0.3) is 10.0 Å². The monoisotopic (exact) mass is 514 g/mol. The van der Waals surface area contributed by atoms with E-state index >= 15 is 0 Å². The number of aromatic nitrogens is 1. The number of rotatable bonds is 7. The maximum Gasteiger partial charge on any atom is 0.266 e. The van der Waals surface area contributed by atoms with Crippen LogP contribution in [0.15, 0.2) is 52.2 Å². The SMILES string of the molecule is CN(c1cc(F)c(S(=O)(=O)Nc2cscn2)cc1Cl)[C@H]1CCN(Cc2ccc(Cl)cc2)C1. The summed E-state index contributed by atoms with van der Waals surface area (Å²) in [5.41, 5.74) is 3.11. The molecule has 0 spiro atoms. The van der Waals surface area contributed by atoms with Gasteiger partial charge in [-0.3, -0.25) is 9.62 Å². The lowest BCUT2D eigenvalue weighted by Crippen LogP contribution is -2.34. The molecule has 11 heteroatoms. The third-order valence-corrected chi connectivity index (χ3v) is 7.97. The summed E-state index contributed by atoms with van der Waals surface area (Å²) >= 11 is 13.6. The van der Waals surface area contributed by atoms with E-state index in [1.807, 2.05) is 36.2 Å². The molecular formula is C21H21Cl2FN4O2S2. The quantitative estimate of drug-likeness (QED) is 0.475. The van der Waals surface area contributed by atoms with Crippen LogP contribution in [0.3, 0.4) is 0 Å². The minimum Gasteiger partial charge on any atom is -0.369 e. The van der Waals surface area contributed by atoms with Crippen molar-refractivity contribution in [1.82, 2.24) is 9.88 Å². The molecule has 1 aromatic heterocycles. The van der Waals surface area contributed by atoms with E-state index in [1.54, 1.807) is 0 Å². The van der Waals surface area contributed by atoms with Crippen molar-refractivity contribution in [2.45, 2.75) is 23.9 Å². The summed E-state index contributed by atoms with van der Waals surface area (Å²) in [6, 6.07) is 10.2. The normalized spacial score (nSPS) is 16.9. The van der Waals surface area contributed by atoms with Crippen molar-refractivity contribution in [2.75, 3.05) is 29.8 Å². The van der Waals surface area contributed by atoms with E-state index in [0.717, 1.165) is 32.1 Å². The number of nitrogens with zero attached hydrogens (tertiary/aromatic N) is 3. The first-order chi connectivity index (χ1) is 15.2. The minimum absolute atomic E-state index is 0.120. The predicted octanol–water partition coefficient (Wildman–Crippen LogP) is 5.10. The molecule has 2 heterocycles. The fraction of sp³-hybridized carbons (Fsp3) is 0.286. The smallest absolute Gasteiger partial charge is 0.266 e. The fourth-order valence-corrected chi connectivity index (χ4v) is 5.90. The second-order valence-electron chi connectivity index (χ2n) is 7.63. The van der Waals surface area contributed by atoms with Gasteiger partial charge in [-0.05, 0) is 30.2 Å². The maximum absolute atomic E-state index is 14.9. The van der Waals surface area contributed by atoms with Crippen molar-refractivity contribution in [3.8, 4) is 0 Å². The van der Waals surface area contributed by atoms with Crippen LogP contribution in [-0.2, 0) is 16.6 Å². The highest BCUT2D eigenvalue weighted by atomic mass is 35.5. The zero-order valence-corrected chi connectivity index (χ0v) is 20.3. The molecule has 32 heavy (non-hydrogen) atoms. The summed E-state index contributed by atoms with van der Waals surface area (Å²) in [5, 5.41) is 2.40. The van der Waals surface area contributed by atoms with Gasteiger partial charge in [-0.2, -0.15) is 0 Å². The summed E-state index contributed by atoms with van der Waals surface area (Å²) in [6.07, 6.45) is 0.882. The lowest BCUT2D eigenvalue weighted by Gasteiger charge is -2.28. The van der Waals surface area contributed by atoms with Crippen LogP contribution in [0.2, 0.25) is 10.0 Å². The second-order valence-corrected chi connectivity index (χ2v) is 10.8. The van der Waals surface area contributed by atoms with Crippen LogP contribution < -0.4 is 9.62 Å². The second kappa shape index (κ2) is 9.52. The number of nitrogens with one attached hydrogen (secondary N) is 1. The first-order valence-electron chi connectivity index (χ1n) is 9.82. The number of anilines is 2. The van der Waals surface area contributed by atoms with Gasteiger partial charge >= 0.3 is 0 Å². The Hall–Kier alpha value is -1.91. The minimum atomic E-state index is -4.15. The summed E-state index contributed by atoms with van der Waals surface area (Å²) in [6.45, 7) is 2.47. The fourth-order valence-electron chi connectivity index (χ4n) is 3.77. The summed E-state index contributed by atoms with van der Waals surface area (Å²) in [7, 11) is -2.30. The molecule has 2 aromatic carbocycles. The van der Waals surface area contributed by atoms with Crippen molar-refractivity contribution in [3.05, 3.63) is 68.7 Å². The Kier molecular flexibility index (Phi) is 6.92. The van der Waals surface area contributed by atoms with Crippen LogP contribution in [0.5, 0.6) is 0 Å². The van der Waals surface area contributed by atoms with E-state index < -0.39 is 20.7 Å². The van der Waals surface area contributed by atoms with Crippen LogP contribution in [-0.4, -0.2) is 44.5 Å². The lowest BCUT2D eigenvalue weighted by molar-refractivity contribution is 0.326. The maximum atomic E-state index is 14.9. The van der Waals surface area contributed by atoms with Gasteiger partial charge in [0.1, 0.15) is 10.7 Å². The van der Waals surface area contributed by atoms with Gasteiger partial charge in [-0.15, -0.1) is 11.3 Å². The average Bonchev–Trinajstić information content (AvgIpc) is 3.42. The zero-order valence-electron chi connectivity index (χ0n) is 17.1. The molecule has 0 unspecified atom stereocenters. The molecule has 0 bridgehead atoms. The van der Waals surface area contributed by atoms with Crippen molar-refractivity contribution < 1.29 is 12.8 Å². The van der Waals surface area contributed by atoms with Crippen LogP contribution in [0.4, 0.5) is 15.9 Å². The van der Waals surface area contributed by atoms with Crippen LogP contribution in [0.25, 0.3) is 0 Å². The molecule has 1 aliphatic rings. The molecule has 1 aliphatic heterocycles. The Bertz CT molecular complexity index is 1190. The Labute approximate surface area is 200 Å². The third-order valence-electron chi connectivity index (χ3n) is 5.46. The molecule has 1 saturated heterocycles. The third kappa shape index (κ3) is 5.18. The Morgan fingerprint density at radius 1 is 1.28 bits per heavy atom. The van der Waals surface area contributed by atoms with Gasteiger partial charge < -0.3 is 4.90 Å². The highest BCUT2D eigenvalue weighted by molar-refractivity contribution is 7.92. The first kappa shape index (κ1) is 23.3. The highest BCUT2D eigenvalue weighted by Crippen LogP contribution is 2.33. The van der Waals surface area contributed by atoms with E-state index in [1.165, 1.54) is 33.9 Å². The number of thiazole rings is 1. The molecule has 0 radical (unpaired) electrons. The lowest BCUT2D eigenvalue weighted by atomic mass is 10.2. The van der Waals surface area contributed by atoms with Gasteiger partial charge in [0.2, 0.25) is 0 Å². The largest absolute Gasteiger partial charge is 0.369 e. The summed E-state index contributed by atoms with van der Waals surface area (Å²) in [4.78, 5) is 7.59. The van der Waals surface area contributed by atoms with Crippen molar-refractivity contribution in [3.63, 3.8) is 0 Å². The Morgan fingerprint density at radius 2 is 2.03 bits per heavy atom. The van der Waals surface area contributed by atoms with Crippen LogP contribution in [0.1, 0.15) is 12.0 Å². The number of likely N-dealkylation sites (N-methyl/N-ethyl adjacent to an activating group) is 1. The van der Waals surface area contributed by atoms with Gasteiger partial charge in [-0.1, -0.05) is 35.3 Å². The van der Waals surface area contributed by atoms with Gasteiger partial charge in [0.15, 0.2) is 5.82 Å². The molecule has 4 rings (SSSR count). The molecule has 3 aromatic rings. The van der Waals surface area contributed by atoms with E-state index in [0.29, 0.717) is 10.7 Å². The van der Waals surface area contributed by atoms with Gasteiger partial charge in [-0.25, -0.2) is 17.8 Å².